The minimum atomic E-state index is -1.02. The summed E-state index contributed by atoms with van der Waals surface area (Å²) in [6, 6.07) is -0.0935. The maximum atomic E-state index is 12.0. The van der Waals surface area contributed by atoms with Crippen molar-refractivity contribution in [1.82, 2.24) is 10.2 Å². The fourth-order valence-electron chi connectivity index (χ4n) is 2.19. The molecule has 1 aliphatic rings. The highest BCUT2D eigenvalue weighted by Gasteiger charge is 2.29. The fourth-order valence-corrected chi connectivity index (χ4v) is 2.19. The van der Waals surface area contributed by atoms with E-state index in [1.54, 1.807) is 0 Å². The minimum absolute atomic E-state index is 0.104. The third kappa shape index (κ3) is 5.77. The molecule has 1 aliphatic heterocycles. The summed E-state index contributed by atoms with van der Waals surface area (Å²) in [5.41, 5.74) is 0. The lowest BCUT2D eigenvalue weighted by molar-refractivity contribution is -0.154. The topological polar surface area (TPSA) is 78.9 Å². The van der Waals surface area contributed by atoms with Crippen molar-refractivity contribution in [3.05, 3.63) is 0 Å². The van der Waals surface area contributed by atoms with Crippen molar-refractivity contribution < 1.29 is 19.4 Å². The molecule has 0 radical (unpaired) electrons. The van der Waals surface area contributed by atoms with Crippen LogP contribution in [0, 0.1) is 5.92 Å². The summed E-state index contributed by atoms with van der Waals surface area (Å²) in [5.74, 6) is -0.346. The summed E-state index contributed by atoms with van der Waals surface area (Å²) in [5, 5.41) is 11.8. The predicted octanol–water partition coefficient (Wildman–Crippen LogP) is 1.70. The molecule has 1 saturated heterocycles. The minimum Gasteiger partial charge on any atom is -0.479 e. The number of aliphatic carboxylic acids is 1. The summed E-state index contributed by atoms with van der Waals surface area (Å²) in [4.78, 5) is 24.4. The summed E-state index contributed by atoms with van der Waals surface area (Å²) in [6.45, 7) is 7.17. The van der Waals surface area contributed by atoms with Gasteiger partial charge in [0, 0.05) is 12.6 Å². The summed E-state index contributed by atoms with van der Waals surface area (Å²) in [7, 11) is 0. The molecule has 2 unspecified atom stereocenters. The largest absolute Gasteiger partial charge is 0.479 e. The number of rotatable bonds is 6. The molecule has 2 amide bonds. The summed E-state index contributed by atoms with van der Waals surface area (Å²) < 4.78 is 5.09. The molecule has 1 fully saturated rings. The van der Waals surface area contributed by atoms with Crippen LogP contribution < -0.4 is 5.32 Å². The van der Waals surface area contributed by atoms with Gasteiger partial charge in [-0.3, -0.25) is 0 Å². The number of hydrogen-bond acceptors (Lipinski definition) is 3. The van der Waals surface area contributed by atoms with Crippen LogP contribution in [0.5, 0.6) is 0 Å². The van der Waals surface area contributed by atoms with Gasteiger partial charge in [-0.2, -0.15) is 0 Å². The zero-order valence-corrected chi connectivity index (χ0v) is 12.6. The van der Waals surface area contributed by atoms with Gasteiger partial charge in [-0.15, -0.1) is 0 Å². The number of nitrogens with one attached hydrogen (secondary N) is 1. The van der Waals surface area contributed by atoms with Crippen molar-refractivity contribution in [3.63, 3.8) is 0 Å². The molecule has 0 spiro atoms. The highest BCUT2D eigenvalue weighted by molar-refractivity contribution is 5.77. The molecular weight excluding hydrogens is 260 g/mol. The molecule has 1 rings (SSSR count). The quantitative estimate of drug-likeness (QED) is 0.779. The van der Waals surface area contributed by atoms with E-state index in [1.165, 1.54) is 4.90 Å². The first-order valence-electron chi connectivity index (χ1n) is 7.30. The van der Waals surface area contributed by atoms with Crippen molar-refractivity contribution in [2.45, 2.75) is 52.2 Å². The predicted molar refractivity (Wildman–Crippen MR) is 75.6 cm³/mol. The van der Waals surface area contributed by atoms with E-state index in [-0.39, 0.29) is 25.2 Å². The third-order valence-corrected chi connectivity index (χ3v) is 3.42. The van der Waals surface area contributed by atoms with E-state index >= 15 is 0 Å². The second-order valence-corrected chi connectivity index (χ2v) is 5.82. The Morgan fingerprint density at radius 2 is 2.05 bits per heavy atom. The number of ether oxygens (including phenoxy) is 1. The molecule has 6 heteroatoms. The van der Waals surface area contributed by atoms with Crippen molar-refractivity contribution in [1.29, 1.82) is 0 Å². The highest BCUT2D eigenvalue weighted by atomic mass is 16.5. The smallest absolute Gasteiger partial charge is 0.334 e. The molecule has 6 nitrogen and oxygen atoms in total. The fraction of sp³-hybridized carbons (Fsp3) is 0.857. The van der Waals surface area contributed by atoms with Crippen molar-refractivity contribution >= 4 is 12.0 Å². The molecule has 0 aliphatic carbocycles. The molecule has 20 heavy (non-hydrogen) atoms. The van der Waals surface area contributed by atoms with Crippen LogP contribution in [0.4, 0.5) is 4.79 Å². The summed E-state index contributed by atoms with van der Waals surface area (Å²) >= 11 is 0. The van der Waals surface area contributed by atoms with E-state index in [1.807, 2.05) is 6.92 Å². The van der Waals surface area contributed by atoms with Crippen LogP contribution in [0.15, 0.2) is 0 Å². The monoisotopic (exact) mass is 286 g/mol. The molecule has 1 heterocycles. The van der Waals surface area contributed by atoms with E-state index in [0.717, 1.165) is 19.3 Å². The maximum absolute atomic E-state index is 12.0. The molecule has 0 aromatic rings. The van der Waals surface area contributed by atoms with Crippen LogP contribution >= 0.6 is 0 Å². The first-order chi connectivity index (χ1) is 9.40. The van der Waals surface area contributed by atoms with Gasteiger partial charge in [0.25, 0.3) is 0 Å². The SMILES string of the molecule is CC(C)CCCC(C)NC(=O)N1CCOC(C(=O)O)C1. The van der Waals surface area contributed by atoms with Gasteiger partial charge in [0.15, 0.2) is 6.10 Å². The number of amides is 2. The van der Waals surface area contributed by atoms with Gasteiger partial charge in [-0.05, 0) is 19.3 Å². The summed E-state index contributed by atoms with van der Waals surface area (Å²) in [6.07, 6.45) is 2.26. The Morgan fingerprint density at radius 3 is 2.65 bits per heavy atom. The number of hydrogen-bond donors (Lipinski definition) is 2. The van der Waals surface area contributed by atoms with Gasteiger partial charge in [0.05, 0.1) is 13.2 Å². The van der Waals surface area contributed by atoms with Crippen molar-refractivity contribution in [2.75, 3.05) is 19.7 Å². The second-order valence-electron chi connectivity index (χ2n) is 5.82. The Morgan fingerprint density at radius 1 is 1.35 bits per heavy atom. The van der Waals surface area contributed by atoms with Gasteiger partial charge in [0.2, 0.25) is 0 Å². The molecule has 0 aromatic heterocycles. The number of urea groups is 1. The number of carboxylic acid groups (broad SMARTS) is 1. The van der Waals surface area contributed by atoms with E-state index in [4.69, 9.17) is 9.84 Å². The van der Waals surface area contributed by atoms with Crippen LogP contribution in [-0.4, -0.2) is 53.8 Å². The van der Waals surface area contributed by atoms with E-state index < -0.39 is 12.1 Å². The van der Waals surface area contributed by atoms with Crippen LogP contribution in [-0.2, 0) is 9.53 Å². The van der Waals surface area contributed by atoms with Crippen LogP contribution in [0.3, 0.4) is 0 Å². The number of carbonyl (C=O) groups is 2. The Balaban J connectivity index is 2.32. The van der Waals surface area contributed by atoms with Gasteiger partial charge in [-0.1, -0.05) is 26.7 Å². The molecular formula is C14H26N2O4. The van der Waals surface area contributed by atoms with E-state index in [2.05, 4.69) is 19.2 Å². The molecule has 0 saturated carbocycles. The highest BCUT2D eigenvalue weighted by Crippen LogP contribution is 2.10. The number of carboxylic acids is 1. The maximum Gasteiger partial charge on any atom is 0.334 e. The number of morpholine rings is 1. The number of carbonyl (C=O) groups excluding carboxylic acids is 1. The average molecular weight is 286 g/mol. The van der Waals surface area contributed by atoms with Gasteiger partial charge >= 0.3 is 12.0 Å². The first kappa shape index (κ1) is 16.8. The number of nitrogens with zero attached hydrogens (tertiary/aromatic N) is 1. The molecule has 0 bridgehead atoms. The van der Waals surface area contributed by atoms with Crippen molar-refractivity contribution in [2.24, 2.45) is 5.92 Å². The normalized spacial score (nSPS) is 20.8. The molecule has 2 N–H and O–H groups in total. The molecule has 2 atom stereocenters. The Labute approximate surface area is 120 Å². The van der Waals surface area contributed by atoms with Crippen LogP contribution in [0.25, 0.3) is 0 Å². The van der Waals surface area contributed by atoms with Crippen LogP contribution in [0.2, 0.25) is 0 Å². The lowest BCUT2D eigenvalue weighted by Crippen LogP contribution is -2.53. The zero-order chi connectivity index (χ0) is 15.1. The lowest BCUT2D eigenvalue weighted by atomic mass is 10.0. The first-order valence-corrected chi connectivity index (χ1v) is 7.30. The van der Waals surface area contributed by atoms with Gasteiger partial charge in [-0.25, -0.2) is 9.59 Å². The Hall–Kier alpha value is -1.30. The second kappa shape index (κ2) is 8.09. The van der Waals surface area contributed by atoms with Gasteiger partial charge in [0.1, 0.15) is 0 Å². The van der Waals surface area contributed by atoms with Gasteiger partial charge < -0.3 is 20.1 Å². The van der Waals surface area contributed by atoms with E-state index in [0.29, 0.717) is 12.5 Å². The molecule has 116 valence electrons. The van der Waals surface area contributed by atoms with E-state index in [9.17, 15) is 9.59 Å². The lowest BCUT2D eigenvalue weighted by Gasteiger charge is -2.31. The zero-order valence-electron chi connectivity index (χ0n) is 12.6. The van der Waals surface area contributed by atoms with Crippen LogP contribution in [0.1, 0.15) is 40.0 Å². The average Bonchev–Trinajstić information content (AvgIpc) is 2.38. The molecule has 0 aromatic carbocycles. The van der Waals surface area contributed by atoms with Crippen molar-refractivity contribution in [3.8, 4) is 0 Å². The third-order valence-electron chi connectivity index (χ3n) is 3.42. The standard InChI is InChI=1S/C14H26N2O4/c1-10(2)5-4-6-11(3)15-14(19)16-7-8-20-12(9-16)13(17)18/h10-12H,4-9H2,1-3H3,(H,15,19)(H,17,18). The Bertz CT molecular complexity index is 333. The Kier molecular flexibility index (Phi) is 6.78.